The van der Waals surface area contributed by atoms with Crippen molar-refractivity contribution in [1.29, 1.82) is 0 Å². The predicted octanol–water partition coefficient (Wildman–Crippen LogP) is 5.50. The summed E-state index contributed by atoms with van der Waals surface area (Å²) >= 11 is 0. The zero-order valence-corrected chi connectivity index (χ0v) is 24.5. The van der Waals surface area contributed by atoms with E-state index in [4.69, 9.17) is 0 Å². The monoisotopic (exact) mass is 613 g/mol. The molecule has 0 radical (unpaired) electrons. The summed E-state index contributed by atoms with van der Waals surface area (Å²) in [7, 11) is 4.05. The number of hydrogen-bond donors (Lipinski definition) is 2. The number of anilines is 2. The largest absolute Gasteiger partial charge is 0.433 e. The summed E-state index contributed by atoms with van der Waals surface area (Å²) < 4.78 is 39.6. The van der Waals surface area contributed by atoms with E-state index in [1.807, 2.05) is 50.5 Å². The quantitative estimate of drug-likeness (QED) is 0.214. The van der Waals surface area contributed by atoms with E-state index >= 15 is 0 Å². The summed E-state index contributed by atoms with van der Waals surface area (Å²) in [5.74, 6) is -0.0753. The van der Waals surface area contributed by atoms with Crippen LogP contribution >= 0.6 is 0 Å². The van der Waals surface area contributed by atoms with E-state index in [9.17, 15) is 22.8 Å². The number of amides is 1. The van der Waals surface area contributed by atoms with Gasteiger partial charge in [0.15, 0.2) is 0 Å². The number of benzene rings is 2. The highest BCUT2D eigenvalue weighted by Crippen LogP contribution is 2.27. The molecule has 3 heterocycles. The molecule has 230 valence electrons. The molecule has 9 nitrogen and oxygen atoms in total. The number of carbonyl (C=O) groups excluding carboxylic acids is 1. The minimum Gasteiger partial charge on any atom is -0.348 e. The van der Waals surface area contributed by atoms with Crippen LogP contribution in [-0.2, 0) is 19.3 Å². The maximum Gasteiger partial charge on any atom is 0.433 e. The van der Waals surface area contributed by atoms with Gasteiger partial charge < -0.3 is 20.1 Å². The van der Waals surface area contributed by atoms with Crippen LogP contribution in [0.15, 0.2) is 96.2 Å². The highest BCUT2D eigenvalue weighted by molar-refractivity contribution is 5.94. The Kier molecular flexibility index (Phi) is 9.33. The molecule has 3 aromatic heterocycles. The molecule has 0 fully saturated rings. The van der Waals surface area contributed by atoms with Crippen LogP contribution in [0.3, 0.4) is 0 Å². The normalized spacial score (nSPS) is 11.8. The van der Waals surface area contributed by atoms with Crippen LogP contribution in [0.25, 0.3) is 17.0 Å². The fraction of sp³-hybridized carbons (Fsp3) is 0.182. The fourth-order valence-corrected chi connectivity index (χ4v) is 4.56. The molecule has 2 N–H and O–H groups in total. The Bertz CT molecular complexity index is 1880. The summed E-state index contributed by atoms with van der Waals surface area (Å²) in [6.07, 6.45) is 3.31. The highest BCUT2D eigenvalue weighted by Gasteiger charge is 2.32. The Hall–Kier alpha value is -5.36. The van der Waals surface area contributed by atoms with E-state index in [2.05, 4.69) is 42.6 Å². The molecule has 0 saturated heterocycles. The Morgan fingerprint density at radius 2 is 1.76 bits per heavy atom. The number of nitrogens with zero attached hydrogens (tertiary/aromatic N) is 5. The Morgan fingerprint density at radius 1 is 0.978 bits per heavy atom. The molecule has 12 heteroatoms. The molecule has 0 bridgehead atoms. The van der Waals surface area contributed by atoms with E-state index in [1.54, 1.807) is 12.3 Å². The summed E-state index contributed by atoms with van der Waals surface area (Å²) in [5, 5.41) is 6.77. The number of hydrogen-bond acceptors (Lipinski definition) is 7. The van der Waals surface area contributed by atoms with Crippen LogP contribution in [0, 0.1) is 0 Å². The van der Waals surface area contributed by atoms with Gasteiger partial charge in [0, 0.05) is 42.8 Å². The Balaban J connectivity index is 1.17. The van der Waals surface area contributed by atoms with Gasteiger partial charge in [0.25, 0.3) is 11.5 Å². The van der Waals surface area contributed by atoms with E-state index in [0.717, 1.165) is 41.0 Å². The molecule has 0 saturated carbocycles. The minimum atomic E-state index is -4.55. The molecule has 0 aliphatic carbocycles. The van der Waals surface area contributed by atoms with Gasteiger partial charge in [-0.1, -0.05) is 36.4 Å². The molecule has 5 rings (SSSR count). The van der Waals surface area contributed by atoms with Crippen LogP contribution in [0.5, 0.6) is 0 Å². The number of fused-ring (bicyclic) bond motifs is 1. The van der Waals surface area contributed by atoms with Gasteiger partial charge in [-0.05, 0) is 73.3 Å². The molecule has 0 aliphatic heterocycles. The molecule has 0 atom stereocenters. The van der Waals surface area contributed by atoms with Crippen LogP contribution in [0.2, 0.25) is 0 Å². The van der Waals surface area contributed by atoms with Crippen molar-refractivity contribution in [3.05, 3.63) is 130 Å². The first-order valence-electron chi connectivity index (χ1n) is 14.0. The summed E-state index contributed by atoms with van der Waals surface area (Å²) in [5.41, 5.74) is 2.48. The average molecular weight is 614 g/mol. The fourth-order valence-electron chi connectivity index (χ4n) is 4.56. The van der Waals surface area contributed by atoms with E-state index in [-0.39, 0.29) is 18.7 Å². The predicted molar refractivity (Wildman–Crippen MR) is 167 cm³/mol. The van der Waals surface area contributed by atoms with Gasteiger partial charge in [0.1, 0.15) is 11.3 Å². The maximum atomic E-state index is 12.9. The second kappa shape index (κ2) is 13.5. The molecular weight excluding hydrogens is 583 g/mol. The van der Waals surface area contributed by atoms with E-state index in [1.165, 1.54) is 34.5 Å². The lowest BCUT2D eigenvalue weighted by atomic mass is 10.1. The van der Waals surface area contributed by atoms with Gasteiger partial charge in [0.05, 0.1) is 12.1 Å². The molecule has 0 aliphatic rings. The second-order valence-corrected chi connectivity index (χ2v) is 10.6. The van der Waals surface area contributed by atoms with Crippen molar-refractivity contribution in [2.24, 2.45) is 0 Å². The molecule has 2 aromatic carbocycles. The highest BCUT2D eigenvalue weighted by atomic mass is 19.4. The summed E-state index contributed by atoms with van der Waals surface area (Å²) in [6.45, 7) is 0.998. The van der Waals surface area contributed by atoms with Crippen LogP contribution in [-0.4, -0.2) is 51.0 Å². The molecular formula is C33H30F3N7O2. The third kappa shape index (κ3) is 8.18. The van der Waals surface area contributed by atoms with Crippen molar-refractivity contribution in [3.8, 4) is 0 Å². The molecule has 1 amide bonds. The number of nitrogens with one attached hydrogen (secondary N) is 2. The first-order valence-corrected chi connectivity index (χ1v) is 14.0. The number of aromatic nitrogens is 4. The second-order valence-electron chi connectivity index (χ2n) is 10.6. The topological polar surface area (TPSA) is 105 Å². The van der Waals surface area contributed by atoms with Gasteiger partial charge in [-0.2, -0.15) is 13.2 Å². The number of halogens is 3. The average Bonchev–Trinajstić information content (AvgIpc) is 3.01. The van der Waals surface area contributed by atoms with Gasteiger partial charge in [-0.25, -0.2) is 9.97 Å². The molecule has 0 spiro atoms. The zero-order chi connectivity index (χ0) is 32.0. The minimum absolute atomic E-state index is 0.0294. The summed E-state index contributed by atoms with van der Waals surface area (Å²) in [6, 6.07) is 18.9. The first-order chi connectivity index (χ1) is 21.5. The lowest BCUT2D eigenvalue weighted by molar-refractivity contribution is -0.141. The maximum absolute atomic E-state index is 12.9. The number of rotatable bonds is 10. The third-order valence-corrected chi connectivity index (χ3v) is 6.74. The van der Waals surface area contributed by atoms with Crippen LogP contribution in [0.1, 0.15) is 32.7 Å². The molecule has 45 heavy (non-hydrogen) atoms. The van der Waals surface area contributed by atoms with Gasteiger partial charge in [0.2, 0.25) is 5.95 Å². The molecule has 0 unspecified atom stereocenters. The van der Waals surface area contributed by atoms with Crippen molar-refractivity contribution in [3.63, 3.8) is 0 Å². The van der Waals surface area contributed by atoms with E-state index in [0.29, 0.717) is 11.5 Å². The standard InChI is InChI=1S/C33H30F3N7O2/c1-42(2)20-23-7-11-26(12-8-23)40-32-39-19-25-17-22(9-13-28(25)41-32)5-3-15-37-30(44)27-6-4-16-43(31(27)45)21-24-10-14-29(38-18-24)33(34,35)36/h3-14,16-19H,15,20-21H2,1-2H3,(H,37,44)(H,39,40,41). The number of pyridine rings is 2. The third-order valence-electron chi connectivity index (χ3n) is 6.74. The first kappa shape index (κ1) is 31.1. The van der Waals surface area contributed by atoms with Crippen molar-refractivity contribution >= 4 is 34.5 Å². The number of alkyl halides is 3. The van der Waals surface area contributed by atoms with Gasteiger partial charge >= 0.3 is 6.18 Å². The van der Waals surface area contributed by atoms with Gasteiger partial charge in [-0.3, -0.25) is 14.6 Å². The van der Waals surface area contributed by atoms with Crippen molar-refractivity contribution in [2.45, 2.75) is 19.3 Å². The van der Waals surface area contributed by atoms with Crippen molar-refractivity contribution in [2.75, 3.05) is 26.0 Å². The van der Waals surface area contributed by atoms with Crippen molar-refractivity contribution in [1.82, 2.24) is 29.7 Å². The SMILES string of the molecule is CN(C)Cc1ccc(Nc2ncc3cc(C=CCNC(=O)c4cccn(Cc5ccc(C(F)(F)F)nc5)c4=O)ccc3n2)cc1. The lowest BCUT2D eigenvalue weighted by Crippen LogP contribution is -2.33. The van der Waals surface area contributed by atoms with Crippen LogP contribution < -0.4 is 16.2 Å². The van der Waals surface area contributed by atoms with E-state index < -0.39 is 23.3 Å². The smallest absolute Gasteiger partial charge is 0.348 e. The lowest BCUT2D eigenvalue weighted by Gasteiger charge is -2.11. The Morgan fingerprint density at radius 3 is 2.47 bits per heavy atom. The van der Waals surface area contributed by atoms with Crippen molar-refractivity contribution < 1.29 is 18.0 Å². The number of carbonyl (C=O) groups is 1. The van der Waals surface area contributed by atoms with Crippen LogP contribution in [0.4, 0.5) is 24.8 Å². The zero-order valence-electron chi connectivity index (χ0n) is 24.5. The Labute approximate surface area is 257 Å². The molecule has 5 aromatic rings. The van der Waals surface area contributed by atoms with Gasteiger partial charge in [-0.15, -0.1) is 0 Å². The summed E-state index contributed by atoms with van der Waals surface area (Å²) in [4.78, 5) is 40.1.